The Morgan fingerprint density at radius 1 is 1.42 bits per heavy atom. The monoisotopic (exact) mass is 259 g/mol. The minimum Gasteiger partial charge on any atom is -0.462 e. The number of ether oxygens (including phenoxy) is 1. The van der Waals surface area contributed by atoms with Crippen molar-refractivity contribution in [1.29, 1.82) is 5.26 Å². The molecule has 1 aromatic carbocycles. The molecule has 0 saturated carbocycles. The van der Waals surface area contributed by atoms with Gasteiger partial charge in [-0.2, -0.15) is 5.26 Å². The van der Waals surface area contributed by atoms with Crippen LogP contribution in [0.4, 0.5) is 5.69 Å². The molecule has 0 saturated heterocycles. The molecule has 0 atom stereocenters. The number of carbonyl (C=O) groups is 2. The third kappa shape index (κ3) is 4.16. The molecule has 0 aliphatic rings. The maximum Gasteiger partial charge on any atom is 0.338 e. The first kappa shape index (κ1) is 14.3. The van der Waals surface area contributed by atoms with E-state index in [-0.39, 0.29) is 5.57 Å². The van der Waals surface area contributed by atoms with Crippen molar-refractivity contribution in [2.45, 2.75) is 6.92 Å². The van der Waals surface area contributed by atoms with Crippen molar-refractivity contribution in [3.8, 4) is 6.07 Å². The average molecular weight is 259 g/mol. The normalized spacial score (nSPS) is 10.4. The number of nitrogens with two attached hydrogens (primary N) is 1. The molecule has 0 bridgehead atoms. The molecule has 1 aromatic rings. The summed E-state index contributed by atoms with van der Waals surface area (Å²) >= 11 is 0. The molecule has 6 nitrogen and oxygen atoms in total. The summed E-state index contributed by atoms with van der Waals surface area (Å²) in [6.07, 6.45) is 1.21. The van der Waals surface area contributed by atoms with Crippen LogP contribution in [0, 0.1) is 11.3 Å². The van der Waals surface area contributed by atoms with E-state index in [2.05, 4.69) is 5.32 Å². The lowest BCUT2D eigenvalue weighted by molar-refractivity contribution is -0.114. The highest BCUT2D eigenvalue weighted by Crippen LogP contribution is 2.11. The lowest BCUT2D eigenvalue weighted by Gasteiger charge is -2.04. The first-order chi connectivity index (χ1) is 9.08. The van der Waals surface area contributed by atoms with Crippen LogP contribution in [0.1, 0.15) is 17.3 Å². The van der Waals surface area contributed by atoms with Crippen LogP contribution in [0.15, 0.2) is 36.0 Å². The molecule has 0 unspecified atom stereocenters. The Bertz CT molecular complexity index is 541. The van der Waals surface area contributed by atoms with Crippen LogP contribution in [0.5, 0.6) is 0 Å². The summed E-state index contributed by atoms with van der Waals surface area (Å²) in [7, 11) is 0. The Morgan fingerprint density at radius 3 is 2.53 bits per heavy atom. The van der Waals surface area contributed by atoms with Gasteiger partial charge in [-0.3, -0.25) is 4.79 Å². The van der Waals surface area contributed by atoms with Crippen molar-refractivity contribution >= 4 is 17.6 Å². The zero-order chi connectivity index (χ0) is 14.3. The minimum absolute atomic E-state index is 0.186. The molecule has 0 fully saturated rings. The largest absolute Gasteiger partial charge is 0.462 e. The van der Waals surface area contributed by atoms with E-state index < -0.39 is 11.9 Å². The number of carbonyl (C=O) groups excluding carboxylic acids is 2. The highest BCUT2D eigenvalue weighted by molar-refractivity contribution is 5.96. The SMILES string of the molecule is CCOC(=O)c1ccc(NC=C(C#N)C(N)=O)cc1. The number of primary amides is 1. The second-order valence-electron chi connectivity index (χ2n) is 3.48. The van der Waals surface area contributed by atoms with E-state index in [9.17, 15) is 9.59 Å². The summed E-state index contributed by atoms with van der Waals surface area (Å²) in [6.45, 7) is 2.04. The zero-order valence-electron chi connectivity index (χ0n) is 10.3. The van der Waals surface area contributed by atoms with Gasteiger partial charge in [-0.25, -0.2) is 4.79 Å². The number of hydrogen-bond acceptors (Lipinski definition) is 5. The fourth-order valence-electron chi connectivity index (χ4n) is 1.23. The summed E-state index contributed by atoms with van der Waals surface area (Å²) < 4.78 is 4.84. The number of anilines is 1. The molecule has 3 N–H and O–H groups in total. The number of amides is 1. The molecular weight excluding hydrogens is 246 g/mol. The molecule has 6 heteroatoms. The van der Waals surface area contributed by atoms with Crippen LogP contribution in [0.3, 0.4) is 0 Å². The number of esters is 1. The van der Waals surface area contributed by atoms with Gasteiger partial charge in [0.1, 0.15) is 11.6 Å². The van der Waals surface area contributed by atoms with Crippen molar-refractivity contribution in [3.05, 3.63) is 41.6 Å². The summed E-state index contributed by atoms with van der Waals surface area (Å²) in [4.78, 5) is 22.2. The number of nitrogens with zero attached hydrogens (tertiary/aromatic N) is 1. The van der Waals surface area contributed by atoms with Crippen LogP contribution in [0.2, 0.25) is 0 Å². The van der Waals surface area contributed by atoms with Gasteiger partial charge in [0.25, 0.3) is 5.91 Å². The second-order valence-corrected chi connectivity index (χ2v) is 3.48. The number of benzene rings is 1. The summed E-state index contributed by atoms with van der Waals surface area (Å²) in [5.74, 6) is -1.21. The molecule has 0 aliphatic carbocycles. The topological polar surface area (TPSA) is 105 Å². The quantitative estimate of drug-likeness (QED) is 0.469. The Labute approximate surface area is 110 Å². The van der Waals surface area contributed by atoms with Crippen LogP contribution in [-0.4, -0.2) is 18.5 Å². The molecule has 0 aromatic heterocycles. The number of nitriles is 1. The van der Waals surface area contributed by atoms with E-state index in [0.29, 0.717) is 17.9 Å². The fourth-order valence-corrected chi connectivity index (χ4v) is 1.23. The fraction of sp³-hybridized carbons (Fsp3) is 0.154. The molecule has 0 radical (unpaired) electrons. The molecular formula is C13H13N3O3. The van der Waals surface area contributed by atoms with Crippen molar-refractivity contribution < 1.29 is 14.3 Å². The van der Waals surface area contributed by atoms with Gasteiger partial charge in [-0.05, 0) is 31.2 Å². The van der Waals surface area contributed by atoms with E-state index in [1.165, 1.54) is 6.20 Å². The summed E-state index contributed by atoms with van der Waals surface area (Å²) in [6, 6.07) is 8.06. The third-order valence-corrected chi connectivity index (χ3v) is 2.17. The predicted molar refractivity (Wildman–Crippen MR) is 68.9 cm³/mol. The maximum atomic E-state index is 11.4. The number of nitrogens with one attached hydrogen (secondary N) is 1. The molecule has 0 heterocycles. The number of rotatable bonds is 5. The smallest absolute Gasteiger partial charge is 0.338 e. The van der Waals surface area contributed by atoms with Gasteiger partial charge in [0.2, 0.25) is 0 Å². The van der Waals surface area contributed by atoms with Gasteiger partial charge in [-0.1, -0.05) is 0 Å². The van der Waals surface area contributed by atoms with Crippen LogP contribution < -0.4 is 11.1 Å². The molecule has 0 aliphatic heterocycles. The first-order valence-electron chi connectivity index (χ1n) is 5.52. The lowest BCUT2D eigenvalue weighted by atomic mass is 10.2. The van der Waals surface area contributed by atoms with Crippen LogP contribution in [0.25, 0.3) is 0 Å². The standard InChI is InChI=1S/C13H13N3O3/c1-2-19-13(18)9-3-5-11(6-4-9)16-8-10(7-14)12(15)17/h3-6,8,16H,2H2,1H3,(H2,15,17). The Kier molecular flexibility index (Phi) is 5.11. The van der Waals surface area contributed by atoms with Crippen molar-refractivity contribution in [2.24, 2.45) is 5.73 Å². The van der Waals surface area contributed by atoms with E-state index in [1.54, 1.807) is 37.3 Å². The van der Waals surface area contributed by atoms with Gasteiger partial charge in [0.05, 0.1) is 12.2 Å². The Hall–Kier alpha value is -2.81. The molecule has 1 amide bonds. The zero-order valence-corrected chi connectivity index (χ0v) is 10.3. The highest BCUT2D eigenvalue weighted by atomic mass is 16.5. The van der Waals surface area contributed by atoms with Gasteiger partial charge in [0.15, 0.2) is 0 Å². The van der Waals surface area contributed by atoms with Gasteiger partial charge >= 0.3 is 5.97 Å². The summed E-state index contributed by atoms with van der Waals surface area (Å²) in [5.41, 5.74) is 5.83. The molecule has 1 rings (SSSR count). The van der Waals surface area contributed by atoms with E-state index >= 15 is 0 Å². The second kappa shape index (κ2) is 6.81. The Balaban J connectivity index is 2.75. The maximum absolute atomic E-state index is 11.4. The van der Waals surface area contributed by atoms with Crippen molar-refractivity contribution in [3.63, 3.8) is 0 Å². The molecule has 0 spiro atoms. The predicted octanol–water partition coefficient (Wildman–Crippen LogP) is 1.17. The molecule has 19 heavy (non-hydrogen) atoms. The van der Waals surface area contributed by atoms with E-state index in [0.717, 1.165) is 0 Å². The first-order valence-corrected chi connectivity index (χ1v) is 5.52. The van der Waals surface area contributed by atoms with E-state index in [1.807, 2.05) is 0 Å². The summed E-state index contributed by atoms with van der Waals surface area (Å²) in [5, 5.41) is 11.4. The molecule has 98 valence electrons. The van der Waals surface area contributed by atoms with Gasteiger partial charge in [-0.15, -0.1) is 0 Å². The van der Waals surface area contributed by atoms with E-state index in [4.69, 9.17) is 15.7 Å². The lowest BCUT2D eigenvalue weighted by Crippen LogP contribution is -2.13. The minimum atomic E-state index is -0.807. The van der Waals surface area contributed by atoms with Crippen molar-refractivity contribution in [1.82, 2.24) is 0 Å². The average Bonchev–Trinajstić information content (AvgIpc) is 2.40. The van der Waals surface area contributed by atoms with Gasteiger partial charge in [0, 0.05) is 11.9 Å². The third-order valence-electron chi connectivity index (χ3n) is 2.17. The van der Waals surface area contributed by atoms with Crippen LogP contribution in [-0.2, 0) is 9.53 Å². The van der Waals surface area contributed by atoms with Crippen LogP contribution >= 0.6 is 0 Å². The Morgan fingerprint density at radius 2 is 2.05 bits per heavy atom. The van der Waals surface area contributed by atoms with Gasteiger partial charge < -0.3 is 15.8 Å². The number of hydrogen-bond donors (Lipinski definition) is 2. The van der Waals surface area contributed by atoms with Crippen molar-refractivity contribution in [2.75, 3.05) is 11.9 Å². The highest BCUT2D eigenvalue weighted by Gasteiger charge is 2.06.